The maximum Gasteiger partial charge on any atom is 0.237 e. The van der Waals surface area contributed by atoms with E-state index in [0.29, 0.717) is 0 Å². The number of carbonyl (C=O) groups is 1. The molecule has 2 N–H and O–H groups in total. The van der Waals surface area contributed by atoms with Crippen molar-refractivity contribution in [2.24, 2.45) is 5.73 Å². The fraction of sp³-hybridized carbons (Fsp3) is 0.875. The van der Waals surface area contributed by atoms with Crippen molar-refractivity contribution >= 4 is 15.9 Å². The molecule has 15 heavy (non-hydrogen) atoms. The highest BCUT2D eigenvalue weighted by atomic mass is 32.2. The fourth-order valence-corrected chi connectivity index (χ4v) is 2.23. The third kappa shape index (κ3) is 4.59. The van der Waals surface area contributed by atoms with E-state index >= 15 is 0 Å². The summed E-state index contributed by atoms with van der Waals surface area (Å²) in [5.41, 5.74) is 5.20. The third-order valence-corrected chi connectivity index (χ3v) is 3.86. The van der Waals surface area contributed by atoms with E-state index in [1.807, 2.05) is 0 Å². The summed E-state index contributed by atoms with van der Waals surface area (Å²) < 4.78 is 24.3. The molecule has 7 heteroatoms. The van der Waals surface area contributed by atoms with Crippen molar-refractivity contribution in [1.29, 1.82) is 0 Å². The van der Waals surface area contributed by atoms with Crippen molar-refractivity contribution < 1.29 is 13.2 Å². The van der Waals surface area contributed by atoms with E-state index in [4.69, 9.17) is 5.73 Å². The second kappa shape index (κ2) is 6.04. The Morgan fingerprint density at radius 1 is 1.33 bits per heavy atom. The van der Waals surface area contributed by atoms with Crippen LogP contribution in [0.25, 0.3) is 0 Å². The predicted octanol–water partition coefficient (Wildman–Crippen LogP) is -1.31. The maximum atomic E-state index is 11.6. The van der Waals surface area contributed by atoms with E-state index in [2.05, 4.69) is 0 Å². The lowest BCUT2D eigenvalue weighted by atomic mass is 10.5. The maximum absolute atomic E-state index is 11.6. The van der Waals surface area contributed by atoms with Gasteiger partial charge < -0.3 is 10.6 Å². The van der Waals surface area contributed by atoms with Gasteiger partial charge in [0.25, 0.3) is 0 Å². The van der Waals surface area contributed by atoms with Gasteiger partial charge in [-0.25, -0.2) is 8.42 Å². The lowest BCUT2D eigenvalue weighted by Crippen LogP contribution is -2.42. The van der Waals surface area contributed by atoms with E-state index in [1.54, 1.807) is 21.0 Å². The third-order valence-electron chi connectivity index (χ3n) is 1.93. The second-order valence-electron chi connectivity index (χ2n) is 3.32. The van der Waals surface area contributed by atoms with Crippen molar-refractivity contribution in [1.82, 2.24) is 9.21 Å². The average Bonchev–Trinajstić information content (AvgIpc) is 2.12. The Kier molecular flexibility index (Phi) is 5.77. The van der Waals surface area contributed by atoms with Crippen LogP contribution in [0, 0.1) is 0 Å². The molecule has 0 aliphatic rings. The summed E-state index contributed by atoms with van der Waals surface area (Å²) in [4.78, 5) is 12.7. The number of rotatable bonds is 6. The molecule has 0 aromatic heterocycles. The highest BCUT2D eigenvalue weighted by molar-refractivity contribution is 7.89. The Bertz CT molecular complexity index is 300. The van der Waals surface area contributed by atoms with Crippen molar-refractivity contribution in [3.63, 3.8) is 0 Å². The molecule has 0 saturated carbocycles. The molecule has 0 rings (SSSR count). The normalized spacial score (nSPS) is 11.8. The van der Waals surface area contributed by atoms with Crippen LogP contribution < -0.4 is 5.73 Å². The fourth-order valence-electron chi connectivity index (χ4n) is 0.977. The standard InChI is InChI=1S/C8H19N3O3S/c1-4-11(7-8(12)10(2)3)15(13,14)6-5-9/h4-7,9H2,1-3H3. The summed E-state index contributed by atoms with van der Waals surface area (Å²) in [5, 5.41) is 0. The van der Waals surface area contributed by atoms with Crippen molar-refractivity contribution in [3.8, 4) is 0 Å². The molecule has 0 heterocycles. The molecule has 0 aliphatic carbocycles. The summed E-state index contributed by atoms with van der Waals surface area (Å²) in [6, 6.07) is 0. The van der Waals surface area contributed by atoms with Crippen LogP contribution in [0.1, 0.15) is 6.92 Å². The number of sulfonamides is 1. The lowest BCUT2D eigenvalue weighted by molar-refractivity contribution is -0.128. The van der Waals surface area contributed by atoms with Gasteiger partial charge in [0, 0.05) is 27.2 Å². The van der Waals surface area contributed by atoms with Crippen LogP contribution in [-0.2, 0) is 14.8 Å². The van der Waals surface area contributed by atoms with Gasteiger partial charge in [-0.3, -0.25) is 4.79 Å². The Morgan fingerprint density at radius 2 is 1.87 bits per heavy atom. The molecule has 0 aromatic rings. The van der Waals surface area contributed by atoms with Crippen LogP contribution in [0.2, 0.25) is 0 Å². The Morgan fingerprint density at radius 3 is 2.20 bits per heavy atom. The van der Waals surface area contributed by atoms with Crippen LogP contribution >= 0.6 is 0 Å². The molecule has 0 saturated heterocycles. The van der Waals surface area contributed by atoms with E-state index in [1.165, 1.54) is 4.90 Å². The largest absolute Gasteiger partial charge is 0.348 e. The van der Waals surface area contributed by atoms with Gasteiger partial charge in [-0.05, 0) is 0 Å². The number of likely N-dealkylation sites (N-methyl/N-ethyl adjacent to an activating group) is 2. The van der Waals surface area contributed by atoms with E-state index in [-0.39, 0.29) is 31.3 Å². The first-order chi connectivity index (χ1) is 6.85. The van der Waals surface area contributed by atoms with Gasteiger partial charge >= 0.3 is 0 Å². The van der Waals surface area contributed by atoms with Gasteiger partial charge in [0.15, 0.2) is 0 Å². The van der Waals surface area contributed by atoms with Crippen molar-refractivity contribution in [2.45, 2.75) is 6.92 Å². The molecule has 0 aromatic carbocycles. The molecule has 0 bridgehead atoms. The Hall–Kier alpha value is -0.660. The minimum absolute atomic E-state index is 0.0645. The van der Waals surface area contributed by atoms with Crippen molar-refractivity contribution in [2.75, 3.05) is 39.5 Å². The van der Waals surface area contributed by atoms with Crippen LogP contribution in [-0.4, -0.2) is 63.0 Å². The SMILES string of the molecule is CCN(CC(=O)N(C)C)S(=O)(=O)CCN. The molecule has 90 valence electrons. The number of amides is 1. The molecule has 6 nitrogen and oxygen atoms in total. The first-order valence-electron chi connectivity index (χ1n) is 4.73. The van der Waals surface area contributed by atoms with E-state index in [9.17, 15) is 13.2 Å². The summed E-state index contributed by atoms with van der Waals surface area (Å²) >= 11 is 0. The highest BCUT2D eigenvalue weighted by Gasteiger charge is 2.22. The average molecular weight is 237 g/mol. The zero-order chi connectivity index (χ0) is 12.1. The smallest absolute Gasteiger partial charge is 0.237 e. The molecule has 0 aliphatic heterocycles. The number of nitrogens with two attached hydrogens (primary N) is 1. The number of carbonyl (C=O) groups excluding carboxylic acids is 1. The van der Waals surface area contributed by atoms with E-state index < -0.39 is 10.0 Å². The summed E-state index contributed by atoms with van der Waals surface area (Å²) in [5.74, 6) is -0.362. The molecule has 1 amide bonds. The van der Waals surface area contributed by atoms with Crippen LogP contribution in [0.3, 0.4) is 0 Å². The van der Waals surface area contributed by atoms with Gasteiger partial charge in [-0.15, -0.1) is 0 Å². The molecular weight excluding hydrogens is 218 g/mol. The zero-order valence-corrected chi connectivity index (χ0v) is 10.2. The highest BCUT2D eigenvalue weighted by Crippen LogP contribution is 2.01. The van der Waals surface area contributed by atoms with Gasteiger partial charge in [0.2, 0.25) is 15.9 Å². The van der Waals surface area contributed by atoms with Crippen LogP contribution in [0.5, 0.6) is 0 Å². The quantitative estimate of drug-likeness (QED) is 0.621. The molecule has 0 radical (unpaired) electrons. The molecule has 0 atom stereocenters. The number of hydrogen-bond acceptors (Lipinski definition) is 4. The summed E-state index contributed by atoms with van der Waals surface area (Å²) in [6.07, 6.45) is 0. The number of hydrogen-bond donors (Lipinski definition) is 1. The molecular formula is C8H19N3O3S. The Labute approximate surface area is 91.1 Å². The lowest BCUT2D eigenvalue weighted by Gasteiger charge is -2.21. The molecule has 0 unspecified atom stereocenters. The topological polar surface area (TPSA) is 83.7 Å². The van der Waals surface area contributed by atoms with Gasteiger partial charge in [0.1, 0.15) is 0 Å². The predicted molar refractivity (Wildman–Crippen MR) is 58.8 cm³/mol. The molecule has 0 spiro atoms. The van der Waals surface area contributed by atoms with Gasteiger partial charge in [0.05, 0.1) is 12.3 Å². The van der Waals surface area contributed by atoms with Crippen LogP contribution in [0.4, 0.5) is 0 Å². The number of nitrogens with zero attached hydrogens (tertiary/aromatic N) is 2. The van der Waals surface area contributed by atoms with Gasteiger partial charge in [-0.2, -0.15) is 4.31 Å². The van der Waals surface area contributed by atoms with Crippen LogP contribution in [0.15, 0.2) is 0 Å². The van der Waals surface area contributed by atoms with Crippen molar-refractivity contribution in [3.05, 3.63) is 0 Å². The first kappa shape index (κ1) is 14.3. The second-order valence-corrected chi connectivity index (χ2v) is 5.41. The monoisotopic (exact) mass is 237 g/mol. The summed E-state index contributed by atoms with van der Waals surface area (Å²) in [6.45, 7) is 1.92. The molecule has 0 fully saturated rings. The van der Waals surface area contributed by atoms with Gasteiger partial charge in [-0.1, -0.05) is 6.92 Å². The summed E-state index contributed by atoms with van der Waals surface area (Å²) in [7, 11) is -0.212. The first-order valence-corrected chi connectivity index (χ1v) is 6.34. The Balaban J connectivity index is 4.57. The zero-order valence-electron chi connectivity index (χ0n) is 9.43. The minimum Gasteiger partial charge on any atom is -0.348 e. The minimum atomic E-state index is -3.39. The van der Waals surface area contributed by atoms with E-state index in [0.717, 1.165) is 4.31 Å².